The van der Waals surface area contributed by atoms with Crippen molar-refractivity contribution in [3.8, 4) is 5.75 Å². The fraction of sp³-hybridized carbons (Fsp3) is 0.417. The third-order valence-electron chi connectivity index (χ3n) is 5.13. The van der Waals surface area contributed by atoms with E-state index in [2.05, 4.69) is 0 Å². The number of halogens is 1. The van der Waals surface area contributed by atoms with Crippen LogP contribution >= 0.6 is 11.6 Å². The molecule has 0 radical (unpaired) electrons. The summed E-state index contributed by atoms with van der Waals surface area (Å²) in [7, 11) is 1.59. The van der Waals surface area contributed by atoms with Gasteiger partial charge in [-0.05, 0) is 37.5 Å². The van der Waals surface area contributed by atoms with E-state index in [1.165, 1.54) is 4.90 Å². The van der Waals surface area contributed by atoms with Crippen LogP contribution in [0, 0.1) is 0 Å². The first-order valence-corrected chi connectivity index (χ1v) is 10.9. The number of hydrogen-bond donors (Lipinski definition) is 0. The number of nitrogens with zero attached hydrogens (tertiary/aromatic N) is 1. The average molecular weight is 446 g/mol. The number of hydrogen-bond acceptors (Lipinski definition) is 5. The summed E-state index contributed by atoms with van der Waals surface area (Å²) < 4.78 is 16.5. The molecule has 0 bridgehead atoms. The van der Waals surface area contributed by atoms with E-state index in [9.17, 15) is 9.59 Å². The van der Waals surface area contributed by atoms with Gasteiger partial charge in [0.15, 0.2) is 0 Å². The van der Waals surface area contributed by atoms with Gasteiger partial charge in [0.25, 0.3) is 5.91 Å². The summed E-state index contributed by atoms with van der Waals surface area (Å²) >= 11 is 6.04. The predicted octanol–water partition coefficient (Wildman–Crippen LogP) is 4.36. The van der Waals surface area contributed by atoms with Gasteiger partial charge >= 0.3 is 6.09 Å². The van der Waals surface area contributed by atoms with E-state index >= 15 is 0 Å². The lowest BCUT2D eigenvalue weighted by molar-refractivity contribution is -0.144. The molecule has 31 heavy (non-hydrogen) atoms. The molecular formula is C24H28ClNO5. The average Bonchev–Trinajstić information content (AvgIpc) is 3.12. The zero-order valence-electron chi connectivity index (χ0n) is 18.0. The van der Waals surface area contributed by atoms with Crippen LogP contribution in [0.25, 0.3) is 0 Å². The van der Waals surface area contributed by atoms with Crippen LogP contribution in [0.3, 0.4) is 0 Å². The fourth-order valence-electron chi connectivity index (χ4n) is 3.72. The maximum Gasteiger partial charge on any atom is 0.417 e. The van der Waals surface area contributed by atoms with Gasteiger partial charge in [-0.2, -0.15) is 0 Å². The number of carbonyl (C=O) groups is 2. The van der Waals surface area contributed by atoms with E-state index in [1.807, 2.05) is 62.4 Å². The molecule has 0 saturated carbocycles. The van der Waals surface area contributed by atoms with E-state index < -0.39 is 12.2 Å². The van der Waals surface area contributed by atoms with E-state index in [1.54, 1.807) is 7.11 Å². The van der Waals surface area contributed by atoms with Crippen LogP contribution in [0.2, 0.25) is 0 Å². The van der Waals surface area contributed by atoms with Crippen LogP contribution in [-0.4, -0.2) is 48.9 Å². The molecule has 2 amide bonds. The highest BCUT2D eigenvalue weighted by Gasteiger charge is 2.41. The van der Waals surface area contributed by atoms with Crippen molar-refractivity contribution in [2.24, 2.45) is 0 Å². The third kappa shape index (κ3) is 5.77. The molecule has 1 saturated heterocycles. The topological polar surface area (TPSA) is 65.1 Å². The lowest BCUT2D eigenvalue weighted by Crippen LogP contribution is -2.47. The lowest BCUT2D eigenvalue weighted by atomic mass is 10.0. The molecule has 1 aliphatic heterocycles. The molecule has 1 aliphatic rings. The first-order chi connectivity index (χ1) is 14.9. The Morgan fingerprint density at radius 2 is 1.94 bits per heavy atom. The van der Waals surface area contributed by atoms with Crippen molar-refractivity contribution in [2.45, 2.75) is 50.8 Å². The number of imide groups is 1. The van der Waals surface area contributed by atoms with Crippen LogP contribution in [-0.2, 0) is 33.0 Å². The number of benzene rings is 2. The second-order valence-electron chi connectivity index (χ2n) is 7.79. The minimum absolute atomic E-state index is 0.173. The van der Waals surface area contributed by atoms with E-state index in [0.717, 1.165) is 16.7 Å². The van der Waals surface area contributed by atoms with Gasteiger partial charge in [0, 0.05) is 12.0 Å². The smallest absolute Gasteiger partial charge is 0.417 e. The Bertz CT molecular complexity index is 902. The Kier molecular flexibility index (Phi) is 7.93. The molecule has 1 heterocycles. The SMILES string of the molecule is COc1ccc(C[C@H](OC(C)C)C(=O)N2C(=O)OC[C@@H]2Cc2ccccc2)cc1CCl. The molecule has 3 rings (SSSR count). The minimum Gasteiger partial charge on any atom is -0.496 e. The molecule has 0 aliphatic carbocycles. The summed E-state index contributed by atoms with van der Waals surface area (Å²) in [4.78, 5) is 27.1. The summed E-state index contributed by atoms with van der Waals surface area (Å²) in [6.45, 7) is 3.90. The molecule has 0 N–H and O–H groups in total. The molecule has 2 aromatic rings. The second-order valence-corrected chi connectivity index (χ2v) is 8.05. The minimum atomic E-state index is -0.819. The quantitative estimate of drug-likeness (QED) is 0.536. The van der Waals surface area contributed by atoms with Gasteiger partial charge in [-0.15, -0.1) is 11.6 Å². The van der Waals surface area contributed by atoms with Gasteiger partial charge in [-0.1, -0.05) is 42.5 Å². The monoisotopic (exact) mass is 445 g/mol. The molecule has 6 nitrogen and oxygen atoms in total. The first-order valence-electron chi connectivity index (χ1n) is 10.3. The van der Waals surface area contributed by atoms with E-state index in [0.29, 0.717) is 18.6 Å². The molecule has 0 aromatic heterocycles. The van der Waals surface area contributed by atoms with Crippen molar-refractivity contribution >= 4 is 23.6 Å². The summed E-state index contributed by atoms with van der Waals surface area (Å²) in [6, 6.07) is 15.0. The van der Waals surface area contributed by atoms with Crippen LogP contribution < -0.4 is 4.74 Å². The number of ether oxygens (including phenoxy) is 3. The third-order valence-corrected chi connectivity index (χ3v) is 5.42. The molecule has 1 fully saturated rings. The van der Waals surface area contributed by atoms with Gasteiger partial charge in [-0.3, -0.25) is 4.79 Å². The zero-order valence-corrected chi connectivity index (χ0v) is 18.8. The Morgan fingerprint density at radius 3 is 2.58 bits per heavy atom. The number of alkyl halides is 1. The van der Waals surface area contributed by atoms with Crippen molar-refractivity contribution in [3.63, 3.8) is 0 Å². The zero-order chi connectivity index (χ0) is 22.4. The van der Waals surface area contributed by atoms with Gasteiger partial charge in [0.2, 0.25) is 0 Å². The number of amides is 2. The van der Waals surface area contributed by atoms with Gasteiger partial charge in [-0.25, -0.2) is 9.69 Å². The summed E-state index contributed by atoms with van der Waals surface area (Å²) in [6.07, 6.45) is -0.788. The molecule has 166 valence electrons. The van der Waals surface area contributed by atoms with E-state index in [4.69, 9.17) is 25.8 Å². The normalized spacial score (nSPS) is 17.0. The summed E-state index contributed by atoms with van der Waals surface area (Å²) in [5.41, 5.74) is 2.74. The van der Waals surface area contributed by atoms with Gasteiger partial charge in [0.1, 0.15) is 18.5 Å². The first kappa shape index (κ1) is 23.1. The molecule has 0 unspecified atom stereocenters. The van der Waals surface area contributed by atoms with Crippen LogP contribution in [0.1, 0.15) is 30.5 Å². The van der Waals surface area contributed by atoms with Crippen LogP contribution in [0.4, 0.5) is 4.79 Å². The number of methoxy groups -OCH3 is 1. The van der Waals surface area contributed by atoms with Gasteiger partial charge < -0.3 is 14.2 Å². The highest BCUT2D eigenvalue weighted by Crippen LogP contribution is 2.25. The van der Waals surface area contributed by atoms with Crippen molar-refractivity contribution in [1.82, 2.24) is 4.90 Å². The maximum atomic E-state index is 13.4. The number of carbonyl (C=O) groups excluding carboxylic acids is 2. The predicted molar refractivity (Wildman–Crippen MR) is 118 cm³/mol. The standard InChI is InChI=1S/C24H28ClNO5/c1-16(2)31-22(13-18-9-10-21(29-3)19(11-18)14-25)23(27)26-20(15-30-24(26)28)12-17-7-5-4-6-8-17/h4-11,16,20,22H,12-15H2,1-3H3/t20-,22-/m0/s1. The highest BCUT2D eigenvalue weighted by molar-refractivity contribution is 6.17. The molecule has 2 atom stereocenters. The molecule has 2 aromatic carbocycles. The Morgan fingerprint density at radius 1 is 1.19 bits per heavy atom. The Balaban J connectivity index is 1.82. The number of cyclic esters (lactones) is 1. The Hall–Kier alpha value is -2.57. The molecular weight excluding hydrogens is 418 g/mol. The van der Waals surface area contributed by atoms with Crippen molar-refractivity contribution in [2.75, 3.05) is 13.7 Å². The van der Waals surface area contributed by atoms with Crippen LogP contribution in [0.5, 0.6) is 5.75 Å². The van der Waals surface area contributed by atoms with Gasteiger partial charge in [0.05, 0.1) is 25.1 Å². The number of rotatable bonds is 9. The fourth-order valence-corrected chi connectivity index (χ4v) is 3.93. The molecule has 0 spiro atoms. The van der Waals surface area contributed by atoms with Crippen molar-refractivity contribution in [1.29, 1.82) is 0 Å². The maximum absolute atomic E-state index is 13.4. The highest BCUT2D eigenvalue weighted by atomic mass is 35.5. The van der Waals surface area contributed by atoms with E-state index in [-0.39, 0.29) is 30.5 Å². The van der Waals surface area contributed by atoms with Crippen molar-refractivity contribution in [3.05, 3.63) is 65.2 Å². The lowest BCUT2D eigenvalue weighted by Gasteiger charge is -2.26. The molecule has 7 heteroatoms. The summed E-state index contributed by atoms with van der Waals surface area (Å²) in [5.74, 6) is 0.593. The largest absolute Gasteiger partial charge is 0.496 e. The summed E-state index contributed by atoms with van der Waals surface area (Å²) in [5, 5.41) is 0. The second kappa shape index (κ2) is 10.6. The van der Waals surface area contributed by atoms with Crippen molar-refractivity contribution < 1.29 is 23.8 Å². The Labute approximate surface area is 188 Å². The van der Waals surface area contributed by atoms with Crippen LogP contribution in [0.15, 0.2) is 48.5 Å².